The van der Waals surface area contributed by atoms with Gasteiger partial charge in [-0.2, -0.15) is 13.2 Å². The zero-order valence-corrected chi connectivity index (χ0v) is 14.4. The lowest BCUT2D eigenvalue weighted by atomic mass is 9.98. The molecule has 7 heteroatoms. The number of aromatic nitrogens is 1. The summed E-state index contributed by atoms with van der Waals surface area (Å²) in [6, 6.07) is 12.3. The molecule has 0 unspecified atom stereocenters. The molecule has 3 aromatic rings. The molecule has 4 nitrogen and oxygen atoms in total. The number of hydrogen-bond donors (Lipinski definition) is 0. The first-order valence-electron chi connectivity index (χ1n) is 8.35. The van der Waals surface area contributed by atoms with Crippen molar-refractivity contribution >= 4 is 10.9 Å². The van der Waals surface area contributed by atoms with Crippen LogP contribution in [0.3, 0.4) is 0 Å². The van der Waals surface area contributed by atoms with Crippen molar-refractivity contribution < 1.29 is 27.4 Å². The summed E-state index contributed by atoms with van der Waals surface area (Å²) in [7, 11) is 1.56. The third kappa shape index (κ3) is 3.48. The van der Waals surface area contributed by atoms with Crippen molar-refractivity contribution in [3.05, 3.63) is 59.8 Å². The van der Waals surface area contributed by atoms with E-state index in [4.69, 9.17) is 14.2 Å². The molecular weight excluding hydrogens is 359 g/mol. The van der Waals surface area contributed by atoms with Crippen LogP contribution in [0.2, 0.25) is 0 Å². The molecule has 0 atom stereocenters. The van der Waals surface area contributed by atoms with Crippen LogP contribution in [0.1, 0.15) is 17.5 Å². The van der Waals surface area contributed by atoms with Gasteiger partial charge in [0.05, 0.1) is 37.1 Å². The summed E-state index contributed by atoms with van der Waals surface area (Å²) in [6.45, 7) is 0.941. The van der Waals surface area contributed by atoms with E-state index < -0.39 is 18.0 Å². The Balaban J connectivity index is 1.87. The molecule has 0 N–H and O–H groups in total. The third-order valence-electron chi connectivity index (χ3n) is 4.42. The molecule has 1 aliphatic heterocycles. The molecule has 1 aliphatic rings. The molecule has 1 aromatic heterocycles. The first kappa shape index (κ1) is 17.8. The van der Waals surface area contributed by atoms with Crippen LogP contribution < -0.4 is 4.74 Å². The first-order valence-corrected chi connectivity index (χ1v) is 8.35. The Hall–Kier alpha value is -2.64. The van der Waals surface area contributed by atoms with Crippen LogP contribution in [0.25, 0.3) is 22.0 Å². The van der Waals surface area contributed by atoms with E-state index in [0.717, 1.165) is 23.1 Å². The van der Waals surface area contributed by atoms with Gasteiger partial charge in [0.15, 0.2) is 0 Å². The molecule has 0 radical (unpaired) electrons. The number of ether oxygens (including phenoxy) is 3. The molecule has 1 saturated heterocycles. The van der Waals surface area contributed by atoms with Crippen LogP contribution >= 0.6 is 0 Å². The van der Waals surface area contributed by atoms with Gasteiger partial charge in [-0.25, -0.2) is 4.98 Å². The minimum atomic E-state index is -4.37. The maximum atomic E-state index is 12.9. The second-order valence-electron chi connectivity index (χ2n) is 6.13. The first-order chi connectivity index (χ1) is 13.0. The van der Waals surface area contributed by atoms with Crippen molar-refractivity contribution in [2.24, 2.45) is 0 Å². The van der Waals surface area contributed by atoms with Gasteiger partial charge in [0, 0.05) is 11.5 Å². The second kappa shape index (κ2) is 6.83. The summed E-state index contributed by atoms with van der Waals surface area (Å²) in [6.07, 6.45) is -4.96. The van der Waals surface area contributed by atoms with E-state index in [2.05, 4.69) is 4.98 Å². The van der Waals surface area contributed by atoms with Crippen LogP contribution in [0.4, 0.5) is 13.2 Å². The Bertz CT molecular complexity index is 965. The lowest BCUT2D eigenvalue weighted by Crippen LogP contribution is -2.04. The summed E-state index contributed by atoms with van der Waals surface area (Å²) in [5.41, 5.74) is 1.95. The van der Waals surface area contributed by atoms with Gasteiger partial charge in [0.2, 0.25) is 6.29 Å². The Labute approximate surface area is 153 Å². The molecule has 27 heavy (non-hydrogen) atoms. The van der Waals surface area contributed by atoms with E-state index >= 15 is 0 Å². The van der Waals surface area contributed by atoms with E-state index in [1.54, 1.807) is 25.3 Å². The van der Waals surface area contributed by atoms with Gasteiger partial charge in [0.25, 0.3) is 0 Å². The summed E-state index contributed by atoms with van der Waals surface area (Å²) in [5.74, 6) is 0.638. The Morgan fingerprint density at radius 3 is 2.33 bits per heavy atom. The molecule has 0 saturated carbocycles. The average molecular weight is 375 g/mol. The van der Waals surface area contributed by atoms with Crippen LogP contribution in [-0.2, 0) is 15.7 Å². The summed E-state index contributed by atoms with van der Waals surface area (Å²) >= 11 is 0. The van der Waals surface area contributed by atoms with Crippen LogP contribution in [0.5, 0.6) is 5.75 Å². The molecule has 2 aromatic carbocycles. The molecule has 140 valence electrons. The SMILES string of the molecule is COc1ccc2c(-c3ccc(C(F)(F)F)cc3)cc(C3OCCO3)nc2c1. The molecule has 0 bridgehead atoms. The quantitative estimate of drug-likeness (QED) is 0.648. The number of rotatable bonds is 3. The van der Waals surface area contributed by atoms with E-state index in [1.807, 2.05) is 6.07 Å². The third-order valence-corrected chi connectivity index (χ3v) is 4.42. The summed E-state index contributed by atoms with van der Waals surface area (Å²) in [4.78, 5) is 4.60. The summed E-state index contributed by atoms with van der Waals surface area (Å²) < 4.78 is 54.9. The average Bonchev–Trinajstić information content (AvgIpc) is 3.21. The van der Waals surface area contributed by atoms with Gasteiger partial charge >= 0.3 is 6.18 Å². The monoisotopic (exact) mass is 375 g/mol. The fourth-order valence-electron chi connectivity index (χ4n) is 3.08. The van der Waals surface area contributed by atoms with Crippen molar-refractivity contribution in [1.29, 1.82) is 0 Å². The molecular formula is C20H16F3NO3. The number of benzene rings is 2. The normalized spacial score (nSPS) is 15.4. The van der Waals surface area contributed by atoms with E-state index in [1.165, 1.54) is 12.1 Å². The number of hydrogen-bond acceptors (Lipinski definition) is 4. The van der Waals surface area contributed by atoms with Gasteiger partial charge in [-0.1, -0.05) is 12.1 Å². The highest BCUT2D eigenvalue weighted by atomic mass is 19.4. The largest absolute Gasteiger partial charge is 0.497 e. The predicted octanol–water partition coefficient (Wildman–Crippen LogP) is 4.97. The van der Waals surface area contributed by atoms with Gasteiger partial charge in [0.1, 0.15) is 5.75 Å². The van der Waals surface area contributed by atoms with Crippen molar-refractivity contribution in [2.75, 3.05) is 20.3 Å². The van der Waals surface area contributed by atoms with E-state index in [0.29, 0.717) is 35.7 Å². The van der Waals surface area contributed by atoms with Crippen molar-refractivity contribution in [2.45, 2.75) is 12.5 Å². The Morgan fingerprint density at radius 2 is 1.70 bits per heavy atom. The Morgan fingerprint density at radius 1 is 1.00 bits per heavy atom. The minimum absolute atomic E-state index is 0.470. The van der Waals surface area contributed by atoms with Crippen molar-refractivity contribution in [3.63, 3.8) is 0 Å². The lowest BCUT2D eigenvalue weighted by molar-refractivity contribution is -0.137. The van der Waals surface area contributed by atoms with Crippen LogP contribution in [0.15, 0.2) is 48.5 Å². The number of methoxy groups -OCH3 is 1. The maximum Gasteiger partial charge on any atom is 0.416 e. The molecule has 0 aliphatic carbocycles. The highest BCUT2D eigenvalue weighted by molar-refractivity contribution is 5.95. The summed E-state index contributed by atoms with van der Waals surface area (Å²) in [5, 5.41) is 0.803. The fraction of sp³-hybridized carbons (Fsp3) is 0.250. The zero-order chi connectivity index (χ0) is 19.0. The number of alkyl halides is 3. The number of pyridine rings is 1. The van der Waals surface area contributed by atoms with Crippen LogP contribution in [-0.4, -0.2) is 25.3 Å². The van der Waals surface area contributed by atoms with Crippen molar-refractivity contribution in [3.8, 4) is 16.9 Å². The van der Waals surface area contributed by atoms with Gasteiger partial charge in [-0.05, 0) is 41.5 Å². The molecule has 2 heterocycles. The Kier molecular flexibility index (Phi) is 4.49. The predicted molar refractivity (Wildman–Crippen MR) is 93.4 cm³/mol. The van der Waals surface area contributed by atoms with Gasteiger partial charge in [-0.15, -0.1) is 0 Å². The van der Waals surface area contributed by atoms with Crippen molar-refractivity contribution in [1.82, 2.24) is 4.98 Å². The highest BCUT2D eigenvalue weighted by Crippen LogP contribution is 2.36. The van der Waals surface area contributed by atoms with Gasteiger partial charge in [-0.3, -0.25) is 0 Å². The standard InChI is InChI=1S/C20H16F3NO3/c1-25-14-6-7-15-16(12-2-4-13(5-3-12)20(21,22)23)11-18(24-17(15)10-14)19-26-8-9-27-19/h2-7,10-11,19H,8-9H2,1H3. The topological polar surface area (TPSA) is 40.6 Å². The van der Waals surface area contributed by atoms with E-state index in [-0.39, 0.29) is 0 Å². The maximum absolute atomic E-state index is 12.9. The minimum Gasteiger partial charge on any atom is -0.497 e. The highest BCUT2D eigenvalue weighted by Gasteiger charge is 2.30. The lowest BCUT2D eigenvalue weighted by Gasteiger charge is -2.15. The molecule has 4 rings (SSSR count). The zero-order valence-electron chi connectivity index (χ0n) is 14.4. The second-order valence-corrected chi connectivity index (χ2v) is 6.13. The fourth-order valence-corrected chi connectivity index (χ4v) is 3.08. The van der Waals surface area contributed by atoms with Gasteiger partial charge < -0.3 is 14.2 Å². The van der Waals surface area contributed by atoms with E-state index in [9.17, 15) is 13.2 Å². The molecule has 1 fully saturated rings. The number of fused-ring (bicyclic) bond motifs is 1. The van der Waals surface area contributed by atoms with Crippen LogP contribution in [0, 0.1) is 0 Å². The number of halogens is 3. The smallest absolute Gasteiger partial charge is 0.416 e. The number of nitrogens with zero attached hydrogens (tertiary/aromatic N) is 1. The molecule has 0 amide bonds. The molecule has 0 spiro atoms.